The lowest BCUT2D eigenvalue weighted by Gasteiger charge is -2.34. The monoisotopic (exact) mass is 372 g/mol. The summed E-state index contributed by atoms with van der Waals surface area (Å²) in [4.78, 5) is 25.3. The van der Waals surface area contributed by atoms with E-state index in [-0.39, 0.29) is 11.5 Å². The molecule has 5 nitrogen and oxygen atoms in total. The molecule has 0 aliphatic carbocycles. The quantitative estimate of drug-likeness (QED) is 0.855. The molecule has 2 rings (SSSR count). The molecule has 1 aliphatic heterocycles. The van der Waals surface area contributed by atoms with Crippen LogP contribution in [0.4, 0.5) is 18.0 Å². The van der Waals surface area contributed by atoms with E-state index in [4.69, 9.17) is 10.5 Å². The van der Waals surface area contributed by atoms with E-state index in [1.165, 1.54) is 6.07 Å². The van der Waals surface area contributed by atoms with E-state index in [1.807, 2.05) is 0 Å². The molecule has 2 N–H and O–H groups in total. The van der Waals surface area contributed by atoms with Crippen LogP contribution in [0.5, 0.6) is 0 Å². The number of carbonyl (C=O) groups is 2. The molecule has 0 atom stereocenters. The molecule has 0 saturated carbocycles. The van der Waals surface area contributed by atoms with Gasteiger partial charge in [0.05, 0.1) is 5.56 Å². The molecular formula is C18H23F3N2O3. The topological polar surface area (TPSA) is 72.6 Å². The van der Waals surface area contributed by atoms with E-state index >= 15 is 0 Å². The fraction of sp³-hybridized carbons (Fsp3) is 0.556. The molecule has 1 aromatic carbocycles. The van der Waals surface area contributed by atoms with Crippen molar-refractivity contribution in [3.05, 3.63) is 34.9 Å². The van der Waals surface area contributed by atoms with Crippen LogP contribution in [0.25, 0.3) is 0 Å². The molecule has 0 aromatic heterocycles. The van der Waals surface area contributed by atoms with Crippen LogP contribution in [-0.2, 0) is 10.9 Å². The van der Waals surface area contributed by atoms with Gasteiger partial charge in [0.1, 0.15) is 5.60 Å². The van der Waals surface area contributed by atoms with E-state index in [2.05, 4.69) is 0 Å². The summed E-state index contributed by atoms with van der Waals surface area (Å²) in [5, 5.41) is 0. The minimum Gasteiger partial charge on any atom is -0.444 e. The number of nitrogens with zero attached hydrogens (tertiary/aromatic N) is 1. The first kappa shape index (κ1) is 20.1. The van der Waals surface area contributed by atoms with E-state index in [0.717, 1.165) is 12.1 Å². The lowest BCUT2D eigenvalue weighted by Crippen LogP contribution is -2.41. The van der Waals surface area contributed by atoms with Gasteiger partial charge in [-0.3, -0.25) is 4.79 Å². The zero-order valence-corrected chi connectivity index (χ0v) is 15.0. The van der Waals surface area contributed by atoms with E-state index < -0.39 is 29.3 Å². The van der Waals surface area contributed by atoms with Gasteiger partial charge in [-0.15, -0.1) is 0 Å². The van der Waals surface area contributed by atoms with Crippen molar-refractivity contribution in [3.63, 3.8) is 0 Å². The molecule has 0 unspecified atom stereocenters. The lowest BCUT2D eigenvalue weighted by molar-refractivity contribution is -0.137. The summed E-state index contributed by atoms with van der Waals surface area (Å²) in [6.07, 6.45) is -3.92. The van der Waals surface area contributed by atoms with Gasteiger partial charge in [0.15, 0.2) is 0 Å². The molecule has 1 aliphatic rings. The Labute approximate surface area is 150 Å². The highest BCUT2D eigenvalue weighted by atomic mass is 19.4. The largest absolute Gasteiger partial charge is 0.444 e. The SMILES string of the molecule is CC(C)(C)OC(=O)N1CCC(c2ccc(C(F)(F)F)cc2C(N)=O)CC1. The number of ether oxygens (including phenoxy) is 1. The van der Waals surface area contributed by atoms with Crippen LogP contribution >= 0.6 is 0 Å². The van der Waals surface area contributed by atoms with Crippen LogP contribution in [-0.4, -0.2) is 35.6 Å². The summed E-state index contributed by atoms with van der Waals surface area (Å²) < 4.78 is 43.9. The molecule has 1 aromatic rings. The van der Waals surface area contributed by atoms with Crippen LogP contribution in [0, 0.1) is 0 Å². The number of amides is 2. The van der Waals surface area contributed by atoms with Gasteiger partial charge in [0, 0.05) is 18.7 Å². The maximum Gasteiger partial charge on any atom is 0.416 e. The molecule has 144 valence electrons. The van der Waals surface area contributed by atoms with Gasteiger partial charge < -0.3 is 15.4 Å². The molecule has 2 amide bonds. The van der Waals surface area contributed by atoms with Crippen molar-refractivity contribution in [1.29, 1.82) is 0 Å². The van der Waals surface area contributed by atoms with Gasteiger partial charge in [-0.1, -0.05) is 6.07 Å². The van der Waals surface area contributed by atoms with E-state index in [1.54, 1.807) is 25.7 Å². The summed E-state index contributed by atoms with van der Waals surface area (Å²) in [5.41, 5.74) is 4.17. The highest BCUT2D eigenvalue weighted by Gasteiger charge is 2.33. The minimum absolute atomic E-state index is 0.115. The number of piperidine rings is 1. The highest BCUT2D eigenvalue weighted by Crippen LogP contribution is 2.35. The predicted octanol–water partition coefficient (Wildman–Crippen LogP) is 3.92. The van der Waals surface area contributed by atoms with Gasteiger partial charge in [-0.2, -0.15) is 13.2 Å². The van der Waals surface area contributed by atoms with Gasteiger partial charge in [0.2, 0.25) is 5.91 Å². The Morgan fingerprint density at radius 2 is 1.73 bits per heavy atom. The average Bonchev–Trinajstić information content (AvgIpc) is 2.52. The van der Waals surface area contributed by atoms with Crippen molar-refractivity contribution in [2.75, 3.05) is 13.1 Å². The third kappa shape index (κ3) is 4.89. The van der Waals surface area contributed by atoms with Crippen LogP contribution < -0.4 is 5.73 Å². The second kappa shape index (κ2) is 7.17. The molecular weight excluding hydrogens is 349 g/mol. The number of primary amides is 1. The standard InChI is InChI=1S/C18H23F3N2O3/c1-17(2,3)26-16(25)23-8-6-11(7-9-23)13-5-4-12(18(19,20)21)10-14(13)15(22)24/h4-5,10-11H,6-9H2,1-3H3,(H2,22,24). The number of benzene rings is 1. The van der Waals surface area contributed by atoms with Crippen LogP contribution in [0.1, 0.15) is 61.0 Å². The fourth-order valence-corrected chi connectivity index (χ4v) is 3.00. The lowest BCUT2D eigenvalue weighted by atomic mass is 9.85. The number of alkyl halides is 3. The zero-order chi connectivity index (χ0) is 19.7. The molecule has 1 saturated heterocycles. The Bertz CT molecular complexity index is 688. The van der Waals surface area contributed by atoms with Crippen molar-refractivity contribution < 1.29 is 27.5 Å². The summed E-state index contributed by atoms with van der Waals surface area (Å²) in [5.74, 6) is -1.03. The van der Waals surface area contributed by atoms with Gasteiger partial charge >= 0.3 is 12.3 Å². The highest BCUT2D eigenvalue weighted by molar-refractivity contribution is 5.94. The number of halogens is 3. The number of hydrogen-bond donors (Lipinski definition) is 1. The van der Waals surface area contributed by atoms with E-state index in [0.29, 0.717) is 31.5 Å². The maximum absolute atomic E-state index is 12.9. The molecule has 0 bridgehead atoms. The van der Waals surface area contributed by atoms with Crippen molar-refractivity contribution in [2.24, 2.45) is 5.73 Å². The van der Waals surface area contributed by atoms with Crippen LogP contribution in [0.15, 0.2) is 18.2 Å². The van der Waals surface area contributed by atoms with Crippen molar-refractivity contribution in [1.82, 2.24) is 4.90 Å². The Morgan fingerprint density at radius 1 is 1.15 bits per heavy atom. The van der Waals surface area contributed by atoms with Crippen molar-refractivity contribution in [3.8, 4) is 0 Å². The first-order valence-electron chi connectivity index (χ1n) is 8.37. The minimum atomic E-state index is -4.54. The summed E-state index contributed by atoms with van der Waals surface area (Å²) >= 11 is 0. The Balaban J connectivity index is 2.14. The maximum atomic E-state index is 12.9. The molecule has 1 fully saturated rings. The number of hydrogen-bond acceptors (Lipinski definition) is 3. The Morgan fingerprint density at radius 3 is 2.19 bits per heavy atom. The average molecular weight is 372 g/mol. The van der Waals surface area contributed by atoms with Crippen LogP contribution in [0.3, 0.4) is 0 Å². The van der Waals surface area contributed by atoms with Crippen molar-refractivity contribution in [2.45, 2.75) is 51.3 Å². The summed E-state index contributed by atoms with van der Waals surface area (Å²) in [6, 6.07) is 3.08. The Hall–Kier alpha value is -2.25. The van der Waals surface area contributed by atoms with Crippen molar-refractivity contribution >= 4 is 12.0 Å². The fourth-order valence-electron chi connectivity index (χ4n) is 3.00. The summed E-state index contributed by atoms with van der Waals surface area (Å²) in [6.45, 7) is 6.13. The van der Waals surface area contributed by atoms with Gasteiger partial charge in [-0.25, -0.2) is 4.79 Å². The first-order chi connectivity index (χ1) is 11.9. The number of rotatable bonds is 2. The Kier molecular flexibility index (Phi) is 5.53. The molecule has 8 heteroatoms. The first-order valence-corrected chi connectivity index (χ1v) is 8.37. The molecule has 0 spiro atoms. The molecule has 1 heterocycles. The van der Waals surface area contributed by atoms with Gasteiger partial charge in [0.25, 0.3) is 0 Å². The zero-order valence-electron chi connectivity index (χ0n) is 15.0. The molecule has 26 heavy (non-hydrogen) atoms. The predicted molar refractivity (Wildman–Crippen MR) is 89.7 cm³/mol. The second-order valence-corrected chi connectivity index (χ2v) is 7.41. The third-order valence-electron chi connectivity index (χ3n) is 4.23. The second-order valence-electron chi connectivity index (χ2n) is 7.41. The smallest absolute Gasteiger partial charge is 0.416 e. The van der Waals surface area contributed by atoms with E-state index in [9.17, 15) is 22.8 Å². The number of nitrogens with two attached hydrogens (primary N) is 1. The number of carbonyl (C=O) groups excluding carboxylic acids is 2. The number of likely N-dealkylation sites (tertiary alicyclic amines) is 1. The van der Waals surface area contributed by atoms with Crippen LogP contribution in [0.2, 0.25) is 0 Å². The normalized spacial score (nSPS) is 16.5. The molecule has 0 radical (unpaired) electrons. The third-order valence-corrected chi connectivity index (χ3v) is 4.23. The summed E-state index contributed by atoms with van der Waals surface area (Å²) in [7, 11) is 0. The van der Waals surface area contributed by atoms with Gasteiger partial charge in [-0.05, 0) is 57.2 Å².